The summed E-state index contributed by atoms with van der Waals surface area (Å²) < 4.78 is 10.4. The second kappa shape index (κ2) is 8.87. The lowest BCUT2D eigenvalue weighted by atomic mass is 10.1. The highest BCUT2D eigenvalue weighted by Crippen LogP contribution is 2.11. The standard InChI is InChI=1S/C13H24N2O4/c1-3-5-11-13(17)14-10-12(16)15(11)6-9-19-8-4-7-18-2/h11H,3-10H2,1-2H3,(H,14,17). The summed E-state index contributed by atoms with van der Waals surface area (Å²) >= 11 is 0. The van der Waals surface area contributed by atoms with E-state index in [1.165, 1.54) is 0 Å². The van der Waals surface area contributed by atoms with Crippen LogP contribution in [0.4, 0.5) is 0 Å². The van der Waals surface area contributed by atoms with Crippen molar-refractivity contribution in [1.82, 2.24) is 10.2 Å². The number of amides is 2. The number of carbonyl (C=O) groups excluding carboxylic acids is 2. The molecule has 1 aliphatic heterocycles. The third-order valence-corrected chi connectivity index (χ3v) is 3.09. The third kappa shape index (κ3) is 5.16. The molecule has 1 atom stereocenters. The quantitative estimate of drug-likeness (QED) is 0.607. The first-order valence-electron chi connectivity index (χ1n) is 6.84. The van der Waals surface area contributed by atoms with E-state index in [1.807, 2.05) is 6.92 Å². The fraction of sp³-hybridized carbons (Fsp3) is 0.846. The number of nitrogens with one attached hydrogen (secondary N) is 1. The number of hydrogen-bond acceptors (Lipinski definition) is 4. The van der Waals surface area contributed by atoms with Crippen molar-refractivity contribution >= 4 is 11.8 Å². The van der Waals surface area contributed by atoms with E-state index in [1.54, 1.807) is 12.0 Å². The maximum absolute atomic E-state index is 11.8. The Morgan fingerprint density at radius 3 is 2.79 bits per heavy atom. The molecule has 0 aromatic carbocycles. The van der Waals surface area contributed by atoms with Crippen LogP contribution in [0.5, 0.6) is 0 Å². The number of piperazine rings is 1. The molecule has 0 aromatic heterocycles. The van der Waals surface area contributed by atoms with Gasteiger partial charge in [-0.2, -0.15) is 0 Å². The molecule has 0 aliphatic carbocycles. The Morgan fingerprint density at radius 2 is 2.11 bits per heavy atom. The Bertz CT molecular complexity index is 296. The first kappa shape index (κ1) is 15.9. The molecule has 6 heteroatoms. The highest BCUT2D eigenvalue weighted by molar-refractivity contribution is 5.94. The van der Waals surface area contributed by atoms with Crippen molar-refractivity contribution in [1.29, 1.82) is 0 Å². The van der Waals surface area contributed by atoms with Crippen LogP contribution >= 0.6 is 0 Å². The first-order chi connectivity index (χ1) is 9.20. The molecule has 1 N–H and O–H groups in total. The van der Waals surface area contributed by atoms with Crippen molar-refractivity contribution in [3.05, 3.63) is 0 Å². The number of carbonyl (C=O) groups is 2. The van der Waals surface area contributed by atoms with Crippen molar-refractivity contribution in [3.8, 4) is 0 Å². The Morgan fingerprint density at radius 1 is 1.32 bits per heavy atom. The summed E-state index contributed by atoms with van der Waals surface area (Å²) in [6.45, 7) is 4.32. The largest absolute Gasteiger partial charge is 0.385 e. The monoisotopic (exact) mass is 272 g/mol. The van der Waals surface area contributed by atoms with Gasteiger partial charge in [0.15, 0.2) is 0 Å². The zero-order valence-corrected chi connectivity index (χ0v) is 11.8. The van der Waals surface area contributed by atoms with Gasteiger partial charge in [-0.25, -0.2) is 0 Å². The van der Waals surface area contributed by atoms with Crippen LogP contribution in [0.1, 0.15) is 26.2 Å². The number of nitrogens with zero attached hydrogens (tertiary/aromatic N) is 1. The Hall–Kier alpha value is -1.14. The van der Waals surface area contributed by atoms with Gasteiger partial charge < -0.3 is 19.7 Å². The van der Waals surface area contributed by atoms with E-state index in [2.05, 4.69) is 5.32 Å². The third-order valence-electron chi connectivity index (χ3n) is 3.09. The van der Waals surface area contributed by atoms with Crippen molar-refractivity contribution in [2.75, 3.05) is 40.0 Å². The summed E-state index contributed by atoms with van der Waals surface area (Å²) in [5.74, 6) is -0.0839. The molecular formula is C13H24N2O4. The number of hydrogen-bond donors (Lipinski definition) is 1. The van der Waals surface area contributed by atoms with Crippen LogP contribution in [0.2, 0.25) is 0 Å². The van der Waals surface area contributed by atoms with Crippen LogP contribution in [0.15, 0.2) is 0 Å². The fourth-order valence-electron chi connectivity index (χ4n) is 2.11. The SMILES string of the molecule is CCCC1C(=O)NCC(=O)N1CCOCCCOC. The van der Waals surface area contributed by atoms with Crippen LogP contribution in [0, 0.1) is 0 Å². The average Bonchev–Trinajstić information content (AvgIpc) is 2.40. The first-order valence-corrected chi connectivity index (χ1v) is 6.84. The fourth-order valence-corrected chi connectivity index (χ4v) is 2.11. The maximum atomic E-state index is 11.8. The van der Waals surface area contributed by atoms with Gasteiger partial charge in [0.05, 0.1) is 13.2 Å². The molecule has 1 heterocycles. The summed E-state index contributed by atoms with van der Waals surface area (Å²) in [4.78, 5) is 25.2. The Kier molecular flexibility index (Phi) is 7.43. The summed E-state index contributed by atoms with van der Waals surface area (Å²) in [6, 6.07) is -0.339. The van der Waals surface area contributed by atoms with Gasteiger partial charge in [0.1, 0.15) is 6.04 Å². The second-order valence-corrected chi connectivity index (χ2v) is 4.57. The molecule has 19 heavy (non-hydrogen) atoms. The minimum absolute atomic E-state index is 0.0291. The van der Waals surface area contributed by atoms with Gasteiger partial charge in [0, 0.05) is 26.9 Å². The van der Waals surface area contributed by atoms with E-state index in [-0.39, 0.29) is 24.4 Å². The molecule has 2 amide bonds. The molecule has 1 fully saturated rings. The minimum Gasteiger partial charge on any atom is -0.385 e. The predicted molar refractivity (Wildman–Crippen MR) is 70.7 cm³/mol. The molecule has 1 unspecified atom stereocenters. The van der Waals surface area contributed by atoms with E-state index in [4.69, 9.17) is 9.47 Å². The smallest absolute Gasteiger partial charge is 0.243 e. The summed E-state index contributed by atoms with van der Waals surface area (Å²) in [6.07, 6.45) is 2.40. The van der Waals surface area contributed by atoms with E-state index < -0.39 is 0 Å². The van der Waals surface area contributed by atoms with Gasteiger partial charge in [0.2, 0.25) is 11.8 Å². The zero-order valence-electron chi connectivity index (χ0n) is 11.8. The summed E-state index contributed by atoms with van der Waals surface area (Å²) in [5.41, 5.74) is 0. The highest BCUT2D eigenvalue weighted by Gasteiger charge is 2.33. The topological polar surface area (TPSA) is 67.9 Å². The molecule has 0 saturated carbocycles. The van der Waals surface area contributed by atoms with Crippen molar-refractivity contribution in [2.45, 2.75) is 32.2 Å². The van der Waals surface area contributed by atoms with Crippen LogP contribution in [0.25, 0.3) is 0 Å². The molecular weight excluding hydrogens is 248 g/mol. The van der Waals surface area contributed by atoms with Gasteiger partial charge in [-0.15, -0.1) is 0 Å². The van der Waals surface area contributed by atoms with Crippen molar-refractivity contribution in [3.63, 3.8) is 0 Å². The lowest BCUT2D eigenvalue weighted by Crippen LogP contribution is -2.58. The molecule has 0 radical (unpaired) electrons. The molecule has 0 bridgehead atoms. The zero-order chi connectivity index (χ0) is 14.1. The van der Waals surface area contributed by atoms with Crippen LogP contribution < -0.4 is 5.32 Å². The van der Waals surface area contributed by atoms with Crippen LogP contribution in [-0.2, 0) is 19.1 Å². The van der Waals surface area contributed by atoms with Gasteiger partial charge in [-0.3, -0.25) is 9.59 Å². The van der Waals surface area contributed by atoms with E-state index in [0.717, 1.165) is 12.8 Å². The van der Waals surface area contributed by atoms with E-state index in [9.17, 15) is 9.59 Å². The molecule has 1 saturated heterocycles. The number of methoxy groups -OCH3 is 1. The molecule has 1 rings (SSSR count). The van der Waals surface area contributed by atoms with Crippen molar-refractivity contribution < 1.29 is 19.1 Å². The lowest BCUT2D eigenvalue weighted by Gasteiger charge is -2.34. The maximum Gasteiger partial charge on any atom is 0.243 e. The Labute approximate surface area is 114 Å². The van der Waals surface area contributed by atoms with Gasteiger partial charge in [0.25, 0.3) is 0 Å². The average molecular weight is 272 g/mol. The summed E-state index contributed by atoms with van der Waals surface area (Å²) in [5, 5.41) is 2.63. The summed E-state index contributed by atoms with van der Waals surface area (Å²) in [7, 11) is 1.65. The molecule has 110 valence electrons. The van der Waals surface area contributed by atoms with Crippen LogP contribution in [0.3, 0.4) is 0 Å². The van der Waals surface area contributed by atoms with E-state index in [0.29, 0.717) is 32.8 Å². The molecule has 1 aliphatic rings. The minimum atomic E-state index is -0.339. The Balaban J connectivity index is 2.34. The van der Waals surface area contributed by atoms with Gasteiger partial charge in [-0.05, 0) is 12.8 Å². The van der Waals surface area contributed by atoms with Crippen molar-refractivity contribution in [2.24, 2.45) is 0 Å². The lowest BCUT2D eigenvalue weighted by molar-refractivity contribution is -0.146. The van der Waals surface area contributed by atoms with Crippen LogP contribution in [-0.4, -0.2) is 62.8 Å². The van der Waals surface area contributed by atoms with Gasteiger partial charge >= 0.3 is 0 Å². The molecule has 0 aromatic rings. The predicted octanol–water partition coefficient (Wildman–Crippen LogP) is 0.167. The number of rotatable bonds is 9. The van der Waals surface area contributed by atoms with Gasteiger partial charge in [-0.1, -0.05) is 13.3 Å². The highest BCUT2D eigenvalue weighted by atomic mass is 16.5. The number of ether oxygens (including phenoxy) is 2. The normalized spacial score (nSPS) is 19.7. The van der Waals surface area contributed by atoms with E-state index >= 15 is 0 Å². The second-order valence-electron chi connectivity index (χ2n) is 4.57. The molecule has 6 nitrogen and oxygen atoms in total. The molecule has 0 spiro atoms.